The highest BCUT2D eigenvalue weighted by molar-refractivity contribution is 6.35. The van der Waals surface area contributed by atoms with Crippen molar-refractivity contribution in [2.75, 3.05) is 19.7 Å². The first-order valence-electron chi connectivity index (χ1n) is 7.00. The summed E-state index contributed by atoms with van der Waals surface area (Å²) in [7, 11) is 0. The first-order valence-corrected chi connectivity index (χ1v) is 7.76. The van der Waals surface area contributed by atoms with Crippen molar-refractivity contribution >= 4 is 23.2 Å². The minimum absolute atomic E-state index is 0.162. The maximum absolute atomic E-state index is 9.88. The Morgan fingerprint density at radius 2 is 2.23 bits per heavy atom. The van der Waals surface area contributed by atoms with Gasteiger partial charge in [0.15, 0.2) is 0 Å². The van der Waals surface area contributed by atoms with Gasteiger partial charge in [0.25, 0.3) is 0 Å². The molecule has 2 rings (SSSR count). The van der Waals surface area contributed by atoms with Gasteiger partial charge in [-0.05, 0) is 30.7 Å². The van der Waals surface area contributed by atoms with Crippen LogP contribution < -0.4 is 10.1 Å². The van der Waals surface area contributed by atoms with Gasteiger partial charge in [0.1, 0.15) is 18.5 Å². The highest BCUT2D eigenvalue weighted by Crippen LogP contribution is 2.27. The summed E-state index contributed by atoms with van der Waals surface area (Å²) in [5.74, 6) is 0.511. The number of halogens is 2. The molecule has 0 saturated heterocycles. The van der Waals surface area contributed by atoms with Gasteiger partial charge in [0.2, 0.25) is 0 Å². The molecule has 1 heterocycles. The van der Waals surface area contributed by atoms with Crippen LogP contribution in [0, 0.1) is 6.92 Å². The van der Waals surface area contributed by atoms with E-state index in [1.807, 2.05) is 24.0 Å². The molecule has 1 atom stereocenters. The van der Waals surface area contributed by atoms with Crippen molar-refractivity contribution in [3.8, 4) is 5.75 Å². The maximum atomic E-state index is 9.88. The van der Waals surface area contributed by atoms with Crippen molar-refractivity contribution in [2.24, 2.45) is 0 Å². The molecule has 0 spiro atoms. The predicted molar refractivity (Wildman–Crippen MR) is 87.8 cm³/mol. The molecule has 0 aliphatic heterocycles. The first-order chi connectivity index (χ1) is 10.5. The molecule has 0 aliphatic rings. The second kappa shape index (κ2) is 8.39. The van der Waals surface area contributed by atoms with E-state index in [2.05, 4.69) is 10.4 Å². The van der Waals surface area contributed by atoms with E-state index in [0.717, 1.165) is 18.7 Å². The van der Waals surface area contributed by atoms with Crippen molar-refractivity contribution in [3.63, 3.8) is 0 Å². The summed E-state index contributed by atoms with van der Waals surface area (Å²) in [5, 5.41) is 18.2. The molecular weight excluding hydrogens is 325 g/mol. The van der Waals surface area contributed by atoms with Crippen molar-refractivity contribution in [2.45, 2.75) is 19.6 Å². The summed E-state index contributed by atoms with van der Waals surface area (Å²) in [6.07, 6.45) is 3.17. The monoisotopic (exact) mass is 343 g/mol. The van der Waals surface area contributed by atoms with Crippen LogP contribution in [0.25, 0.3) is 0 Å². The summed E-state index contributed by atoms with van der Waals surface area (Å²) in [4.78, 5) is 0. The van der Waals surface area contributed by atoms with Gasteiger partial charge in [-0.3, -0.25) is 4.68 Å². The number of rotatable bonds is 8. The van der Waals surface area contributed by atoms with Crippen LogP contribution in [-0.4, -0.2) is 40.7 Å². The molecular formula is C15H19Cl2N3O2. The van der Waals surface area contributed by atoms with Crippen molar-refractivity contribution in [1.29, 1.82) is 0 Å². The van der Waals surface area contributed by atoms with E-state index in [-0.39, 0.29) is 6.61 Å². The zero-order chi connectivity index (χ0) is 15.9. The normalized spacial score (nSPS) is 12.4. The lowest BCUT2D eigenvalue weighted by atomic mass is 10.3. The van der Waals surface area contributed by atoms with E-state index in [0.29, 0.717) is 22.3 Å². The highest BCUT2D eigenvalue weighted by Gasteiger charge is 2.07. The lowest BCUT2D eigenvalue weighted by Gasteiger charge is -2.14. The lowest BCUT2D eigenvalue weighted by molar-refractivity contribution is 0.106. The second-order valence-electron chi connectivity index (χ2n) is 5.02. The van der Waals surface area contributed by atoms with Crippen molar-refractivity contribution in [1.82, 2.24) is 15.1 Å². The van der Waals surface area contributed by atoms with E-state index in [1.54, 1.807) is 18.2 Å². The predicted octanol–water partition coefficient (Wildman–Crippen LogP) is 2.53. The first kappa shape index (κ1) is 17.1. The van der Waals surface area contributed by atoms with Crippen LogP contribution in [-0.2, 0) is 6.54 Å². The molecule has 0 unspecified atom stereocenters. The van der Waals surface area contributed by atoms with Gasteiger partial charge < -0.3 is 15.2 Å². The van der Waals surface area contributed by atoms with Crippen molar-refractivity contribution in [3.05, 3.63) is 46.2 Å². The average molecular weight is 344 g/mol. The van der Waals surface area contributed by atoms with Crippen LogP contribution in [0.1, 0.15) is 5.56 Å². The quantitative estimate of drug-likeness (QED) is 0.723. The van der Waals surface area contributed by atoms with Crippen LogP contribution in [0.15, 0.2) is 30.6 Å². The molecule has 7 heteroatoms. The number of aryl methyl sites for hydroxylation is 1. The molecule has 0 amide bonds. The summed E-state index contributed by atoms with van der Waals surface area (Å²) in [6.45, 7) is 4.07. The zero-order valence-electron chi connectivity index (χ0n) is 12.3. The molecule has 1 aromatic carbocycles. The van der Waals surface area contributed by atoms with Gasteiger partial charge in [-0.1, -0.05) is 23.2 Å². The SMILES string of the molecule is Cc1cnn(CCNC[C@H](O)COc2ccc(Cl)cc2Cl)c1. The number of aromatic nitrogens is 2. The number of ether oxygens (including phenoxy) is 1. The third-order valence-corrected chi connectivity index (χ3v) is 3.52. The van der Waals surface area contributed by atoms with Crippen molar-refractivity contribution < 1.29 is 9.84 Å². The fourth-order valence-corrected chi connectivity index (χ4v) is 2.35. The van der Waals surface area contributed by atoms with E-state index in [9.17, 15) is 5.11 Å². The lowest BCUT2D eigenvalue weighted by Crippen LogP contribution is -2.33. The van der Waals surface area contributed by atoms with Gasteiger partial charge in [-0.2, -0.15) is 5.10 Å². The van der Waals surface area contributed by atoms with Crippen LogP contribution >= 0.6 is 23.2 Å². The van der Waals surface area contributed by atoms with Gasteiger partial charge in [0.05, 0.1) is 17.8 Å². The summed E-state index contributed by atoms with van der Waals surface area (Å²) in [5.41, 5.74) is 1.13. The van der Waals surface area contributed by atoms with Crippen LogP contribution in [0.5, 0.6) is 5.75 Å². The third kappa shape index (κ3) is 5.50. The third-order valence-electron chi connectivity index (χ3n) is 2.99. The van der Waals surface area contributed by atoms with E-state index in [1.165, 1.54) is 0 Å². The Kier molecular flexibility index (Phi) is 6.51. The largest absolute Gasteiger partial charge is 0.489 e. The molecule has 120 valence electrons. The Morgan fingerprint density at radius 1 is 1.41 bits per heavy atom. The number of aliphatic hydroxyl groups excluding tert-OH is 1. The van der Waals surface area contributed by atoms with E-state index >= 15 is 0 Å². The molecule has 5 nitrogen and oxygen atoms in total. The molecule has 0 fully saturated rings. The summed E-state index contributed by atoms with van der Waals surface area (Å²) < 4.78 is 7.33. The van der Waals surface area contributed by atoms with Gasteiger partial charge in [0, 0.05) is 24.3 Å². The molecule has 0 radical (unpaired) electrons. The zero-order valence-corrected chi connectivity index (χ0v) is 13.8. The number of nitrogens with one attached hydrogen (secondary N) is 1. The van der Waals surface area contributed by atoms with E-state index < -0.39 is 6.10 Å². The summed E-state index contributed by atoms with van der Waals surface area (Å²) >= 11 is 11.8. The van der Waals surface area contributed by atoms with Crippen LogP contribution in [0.2, 0.25) is 10.0 Å². The minimum atomic E-state index is -0.619. The topological polar surface area (TPSA) is 59.3 Å². The minimum Gasteiger partial charge on any atom is -0.489 e. The number of hydrogen-bond acceptors (Lipinski definition) is 4. The fraction of sp³-hybridized carbons (Fsp3) is 0.400. The Labute approximate surface area is 139 Å². The van der Waals surface area contributed by atoms with Crippen LogP contribution in [0.4, 0.5) is 0 Å². The molecule has 0 saturated carbocycles. The Balaban J connectivity index is 1.64. The molecule has 0 aliphatic carbocycles. The van der Waals surface area contributed by atoms with E-state index in [4.69, 9.17) is 27.9 Å². The number of aliphatic hydroxyl groups is 1. The number of nitrogens with zero attached hydrogens (tertiary/aromatic N) is 2. The number of hydrogen-bond donors (Lipinski definition) is 2. The average Bonchev–Trinajstić information content (AvgIpc) is 2.88. The molecule has 2 N–H and O–H groups in total. The summed E-state index contributed by atoms with van der Waals surface area (Å²) in [6, 6.07) is 4.99. The highest BCUT2D eigenvalue weighted by atomic mass is 35.5. The molecule has 22 heavy (non-hydrogen) atoms. The van der Waals surface area contributed by atoms with Crippen LogP contribution in [0.3, 0.4) is 0 Å². The van der Waals surface area contributed by atoms with Gasteiger partial charge >= 0.3 is 0 Å². The van der Waals surface area contributed by atoms with Gasteiger partial charge in [-0.15, -0.1) is 0 Å². The maximum Gasteiger partial charge on any atom is 0.138 e. The standard InChI is InChI=1S/C15H19Cl2N3O2/c1-11-7-19-20(9-11)5-4-18-8-13(21)10-22-15-3-2-12(16)6-14(15)17/h2-3,6-7,9,13,18,21H,4-5,8,10H2,1H3/t13-/m0/s1. The molecule has 0 bridgehead atoms. The second-order valence-corrected chi connectivity index (χ2v) is 5.87. The smallest absolute Gasteiger partial charge is 0.138 e. The molecule has 1 aromatic heterocycles. The Hall–Kier alpha value is -1.27. The van der Waals surface area contributed by atoms with Gasteiger partial charge in [-0.25, -0.2) is 0 Å². The Morgan fingerprint density at radius 3 is 2.91 bits per heavy atom. The number of benzene rings is 1. The fourth-order valence-electron chi connectivity index (χ4n) is 1.89. The molecule has 2 aromatic rings. The Bertz CT molecular complexity index is 604.